The van der Waals surface area contributed by atoms with Gasteiger partial charge in [-0.05, 0) is 38.0 Å². The summed E-state index contributed by atoms with van der Waals surface area (Å²) in [5.74, 6) is 0. The molecule has 0 unspecified atom stereocenters. The van der Waals surface area contributed by atoms with Gasteiger partial charge < -0.3 is 0 Å². The van der Waals surface area contributed by atoms with Gasteiger partial charge in [-0.2, -0.15) is 10.2 Å². The van der Waals surface area contributed by atoms with Crippen molar-refractivity contribution in [2.45, 2.75) is 32.1 Å². The molecule has 3 heterocycles. The van der Waals surface area contributed by atoms with Gasteiger partial charge in [-0.15, -0.1) is 0 Å². The lowest BCUT2D eigenvalue weighted by Crippen LogP contribution is -2.15. The number of hydrogen-bond donors (Lipinski definition) is 1. The fraction of sp³-hybridized carbons (Fsp3) is 0.250. The van der Waals surface area contributed by atoms with Gasteiger partial charge in [0, 0.05) is 23.8 Å². The minimum absolute atomic E-state index is 0.0887. The topological polar surface area (TPSA) is 94.7 Å². The molecule has 0 fully saturated rings. The van der Waals surface area contributed by atoms with E-state index in [1.165, 1.54) is 12.4 Å². The Hall–Kier alpha value is -3.20. The quantitative estimate of drug-likeness (QED) is 0.545. The Balaban J connectivity index is 1.75. The number of sulfonamides is 1. The van der Waals surface area contributed by atoms with Gasteiger partial charge in [0.25, 0.3) is 10.0 Å². The van der Waals surface area contributed by atoms with Crippen molar-refractivity contribution in [3.05, 3.63) is 59.8 Å². The van der Waals surface area contributed by atoms with Crippen molar-refractivity contribution < 1.29 is 8.42 Å². The van der Waals surface area contributed by atoms with Crippen LogP contribution in [0.3, 0.4) is 0 Å². The zero-order chi connectivity index (χ0) is 20.8. The number of nitrogens with one attached hydrogen (secondary N) is 1. The van der Waals surface area contributed by atoms with E-state index in [0.29, 0.717) is 12.1 Å². The molecule has 0 atom stereocenters. The summed E-state index contributed by atoms with van der Waals surface area (Å²) in [4.78, 5) is 4.43. The number of nitrogens with zero attached hydrogens (tertiary/aromatic N) is 5. The normalized spacial score (nSPS) is 11.9. The highest BCUT2D eigenvalue weighted by atomic mass is 32.2. The van der Waals surface area contributed by atoms with Crippen LogP contribution in [0.4, 0.5) is 5.69 Å². The summed E-state index contributed by atoms with van der Waals surface area (Å²) in [7, 11) is -2.03. The molecule has 1 N–H and O–H groups in total. The zero-order valence-electron chi connectivity index (χ0n) is 16.7. The van der Waals surface area contributed by atoms with Gasteiger partial charge in [0.15, 0.2) is 0 Å². The molecule has 29 heavy (non-hydrogen) atoms. The number of aromatic nitrogens is 5. The van der Waals surface area contributed by atoms with Crippen LogP contribution < -0.4 is 4.72 Å². The average molecular weight is 411 g/mol. The second-order valence-corrected chi connectivity index (χ2v) is 8.68. The maximum atomic E-state index is 13.1. The predicted molar refractivity (Wildman–Crippen MR) is 112 cm³/mol. The van der Waals surface area contributed by atoms with Gasteiger partial charge in [0.1, 0.15) is 4.90 Å². The van der Waals surface area contributed by atoms with Crippen LogP contribution in [-0.2, 0) is 23.5 Å². The van der Waals surface area contributed by atoms with Gasteiger partial charge in [-0.1, -0.05) is 19.1 Å². The third kappa shape index (κ3) is 3.49. The fourth-order valence-electron chi connectivity index (χ4n) is 3.44. The minimum Gasteiger partial charge on any atom is -0.277 e. The fourth-order valence-corrected chi connectivity index (χ4v) is 4.48. The molecule has 3 aromatic heterocycles. The van der Waals surface area contributed by atoms with E-state index in [0.717, 1.165) is 33.5 Å². The molecule has 1 aromatic carbocycles. The largest absolute Gasteiger partial charge is 0.277 e. The molecular weight excluding hydrogens is 388 g/mol. The minimum atomic E-state index is -3.83. The summed E-state index contributed by atoms with van der Waals surface area (Å²) in [5.41, 5.74) is 4.65. The highest BCUT2D eigenvalue weighted by molar-refractivity contribution is 7.92. The van der Waals surface area contributed by atoms with Crippen molar-refractivity contribution in [1.82, 2.24) is 24.5 Å². The Kier molecular flexibility index (Phi) is 4.62. The Morgan fingerprint density at radius 1 is 1.07 bits per heavy atom. The van der Waals surface area contributed by atoms with E-state index in [1.807, 2.05) is 45.0 Å². The lowest BCUT2D eigenvalue weighted by atomic mass is 10.1. The lowest BCUT2D eigenvalue weighted by Gasteiger charge is -2.13. The molecule has 4 rings (SSSR count). The van der Waals surface area contributed by atoms with Crippen LogP contribution in [0.2, 0.25) is 0 Å². The molecule has 0 spiro atoms. The summed E-state index contributed by atoms with van der Waals surface area (Å²) in [6.07, 6.45) is 5.26. The van der Waals surface area contributed by atoms with E-state index in [-0.39, 0.29) is 4.90 Å². The van der Waals surface area contributed by atoms with Crippen molar-refractivity contribution in [2.24, 2.45) is 7.05 Å². The standard InChI is InChI=1S/C20H22N6O2S/c1-5-15-6-7-16-10-21-25(4)20(16)19(15)24-29(27,28)18-11-22-26(12-18)17-8-13(2)23-14(3)9-17/h6-12,24H,5H2,1-4H3. The van der Waals surface area contributed by atoms with Crippen LogP contribution >= 0.6 is 0 Å². The van der Waals surface area contributed by atoms with Crippen LogP contribution in [0, 0.1) is 13.8 Å². The van der Waals surface area contributed by atoms with Crippen molar-refractivity contribution in [1.29, 1.82) is 0 Å². The number of anilines is 1. The molecule has 4 aromatic rings. The first-order chi connectivity index (χ1) is 13.8. The van der Waals surface area contributed by atoms with Gasteiger partial charge >= 0.3 is 0 Å². The summed E-state index contributed by atoms with van der Waals surface area (Å²) in [6.45, 7) is 5.77. The van der Waals surface area contributed by atoms with Crippen LogP contribution in [0.15, 0.2) is 47.8 Å². The van der Waals surface area contributed by atoms with Crippen molar-refractivity contribution in [2.75, 3.05) is 4.72 Å². The van der Waals surface area contributed by atoms with Gasteiger partial charge in [-0.3, -0.25) is 14.4 Å². The number of benzene rings is 1. The summed E-state index contributed by atoms with van der Waals surface area (Å²) in [5, 5.41) is 9.37. The van der Waals surface area contributed by atoms with Crippen molar-refractivity contribution >= 4 is 26.6 Å². The number of rotatable bonds is 5. The van der Waals surface area contributed by atoms with Gasteiger partial charge in [-0.25, -0.2) is 13.1 Å². The number of aryl methyl sites for hydroxylation is 4. The van der Waals surface area contributed by atoms with Crippen molar-refractivity contribution in [3.8, 4) is 5.69 Å². The molecule has 0 aliphatic heterocycles. The summed E-state index contributed by atoms with van der Waals surface area (Å²) in [6, 6.07) is 7.59. The molecule has 150 valence electrons. The van der Waals surface area contributed by atoms with E-state index in [2.05, 4.69) is 19.9 Å². The SMILES string of the molecule is CCc1ccc2cnn(C)c2c1NS(=O)(=O)c1cnn(-c2cc(C)nc(C)c2)c1. The molecule has 0 aliphatic carbocycles. The number of hydrogen-bond acceptors (Lipinski definition) is 5. The summed E-state index contributed by atoms with van der Waals surface area (Å²) < 4.78 is 32.2. The van der Waals surface area contributed by atoms with Gasteiger partial charge in [0.2, 0.25) is 0 Å². The van der Waals surface area contributed by atoms with E-state index in [4.69, 9.17) is 0 Å². The third-order valence-corrected chi connectivity index (χ3v) is 6.11. The Bertz CT molecular complexity index is 1300. The molecule has 0 aliphatic rings. The molecule has 0 bridgehead atoms. The highest BCUT2D eigenvalue weighted by Gasteiger charge is 2.21. The summed E-state index contributed by atoms with van der Waals surface area (Å²) >= 11 is 0. The molecule has 9 heteroatoms. The second kappa shape index (κ2) is 7.00. The van der Waals surface area contributed by atoms with E-state index in [9.17, 15) is 8.42 Å². The lowest BCUT2D eigenvalue weighted by molar-refractivity contribution is 0.601. The molecule has 0 saturated heterocycles. The van der Waals surface area contributed by atoms with Crippen molar-refractivity contribution in [3.63, 3.8) is 0 Å². The first-order valence-corrected chi connectivity index (χ1v) is 10.7. The van der Waals surface area contributed by atoms with Crippen LogP contribution in [0.25, 0.3) is 16.6 Å². The number of pyridine rings is 1. The van der Waals surface area contributed by atoms with Crippen LogP contribution in [-0.4, -0.2) is 33.0 Å². The molecule has 0 radical (unpaired) electrons. The maximum Gasteiger partial charge on any atom is 0.265 e. The molecule has 0 amide bonds. The maximum absolute atomic E-state index is 13.1. The Morgan fingerprint density at radius 2 is 1.79 bits per heavy atom. The first-order valence-electron chi connectivity index (χ1n) is 9.25. The van der Waals surface area contributed by atoms with Crippen LogP contribution in [0.5, 0.6) is 0 Å². The monoisotopic (exact) mass is 410 g/mol. The highest BCUT2D eigenvalue weighted by Crippen LogP contribution is 2.30. The van der Waals surface area contributed by atoms with E-state index < -0.39 is 10.0 Å². The van der Waals surface area contributed by atoms with Crippen LogP contribution in [0.1, 0.15) is 23.9 Å². The first kappa shape index (κ1) is 19.1. The van der Waals surface area contributed by atoms with E-state index >= 15 is 0 Å². The second-order valence-electron chi connectivity index (χ2n) is 6.99. The zero-order valence-corrected chi connectivity index (χ0v) is 17.5. The predicted octanol–water partition coefficient (Wildman–Crippen LogP) is 3.13. The molecule has 0 saturated carbocycles. The van der Waals surface area contributed by atoms with Gasteiger partial charge in [0.05, 0.1) is 35.5 Å². The number of fused-ring (bicyclic) bond motifs is 1. The molecule has 8 nitrogen and oxygen atoms in total. The Morgan fingerprint density at radius 3 is 2.48 bits per heavy atom. The third-order valence-electron chi connectivity index (χ3n) is 4.81. The van der Waals surface area contributed by atoms with E-state index in [1.54, 1.807) is 22.6 Å². The molecular formula is C20H22N6O2S. The smallest absolute Gasteiger partial charge is 0.265 e. The average Bonchev–Trinajstić information content (AvgIpc) is 3.29. The Labute approximate surface area is 169 Å².